The molecule has 0 radical (unpaired) electrons. The minimum atomic E-state index is -0.760. The number of amides is 1. The molecule has 1 aromatic heterocycles. The Morgan fingerprint density at radius 3 is 2.50 bits per heavy atom. The van der Waals surface area contributed by atoms with E-state index < -0.39 is 17.5 Å². The molecular weight excluding hydrogens is 489 g/mol. The average molecular weight is 513 g/mol. The van der Waals surface area contributed by atoms with E-state index in [-0.39, 0.29) is 24.0 Å². The highest BCUT2D eigenvalue weighted by Gasteiger charge is 2.28. The molecule has 11 heteroatoms. The molecule has 0 bridgehead atoms. The molecule has 2 N–H and O–H groups in total. The van der Waals surface area contributed by atoms with E-state index in [1.807, 2.05) is 0 Å². The van der Waals surface area contributed by atoms with Gasteiger partial charge in [0.15, 0.2) is 5.82 Å². The Bertz CT molecular complexity index is 1180. The number of carbonyl (C=O) groups excluding carboxylic acids is 1. The van der Waals surface area contributed by atoms with Crippen LogP contribution in [-0.2, 0) is 0 Å². The predicted octanol–water partition coefficient (Wildman–Crippen LogP) is 4.96. The van der Waals surface area contributed by atoms with Crippen LogP contribution in [0.15, 0.2) is 36.5 Å². The lowest BCUT2D eigenvalue weighted by atomic mass is 9.91. The Kier molecular flexibility index (Phi) is 8.35. The molecule has 2 aromatic carbocycles. The summed E-state index contributed by atoms with van der Waals surface area (Å²) in [7, 11) is 2.95. The summed E-state index contributed by atoms with van der Waals surface area (Å²) in [5, 5.41) is 10.7. The first-order valence-corrected chi connectivity index (χ1v) is 10.8. The van der Waals surface area contributed by atoms with Crippen molar-refractivity contribution in [3.05, 3.63) is 64.4 Å². The number of carbonyl (C=O) groups is 1. The molecule has 0 saturated carbocycles. The number of anilines is 1. The standard InChI is InChI=1S/C23H23ClF2N4O3.ClH/c1-32-20-11-21(33-2)18(10-16(20)24)29-23(31)15-12-28-30(19-4-3-14(25)9-17(19)26)22(15)13-5-7-27-8-6-13;/h3-4,9-13,27H,5-8H2,1-2H3,(H,29,31);1H. The van der Waals surface area contributed by atoms with Crippen LogP contribution in [0.25, 0.3) is 5.69 Å². The molecule has 0 spiro atoms. The van der Waals surface area contributed by atoms with Gasteiger partial charge < -0.3 is 20.1 Å². The summed E-state index contributed by atoms with van der Waals surface area (Å²) in [6.07, 6.45) is 2.88. The Labute approximate surface area is 206 Å². The summed E-state index contributed by atoms with van der Waals surface area (Å²) < 4.78 is 40.0. The SMILES string of the molecule is COc1cc(OC)c(NC(=O)c2cnn(-c3ccc(F)cc3F)c2C2CCNCC2)cc1Cl.Cl. The maximum atomic E-state index is 14.6. The Morgan fingerprint density at radius 2 is 1.85 bits per heavy atom. The number of rotatable bonds is 6. The van der Waals surface area contributed by atoms with Crippen LogP contribution < -0.4 is 20.1 Å². The van der Waals surface area contributed by atoms with E-state index in [1.165, 1.54) is 37.2 Å². The minimum Gasteiger partial charge on any atom is -0.495 e. The molecule has 1 saturated heterocycles. The zero-order valence-electron chi connectivity index (χ0n) is 18.5. The number of hydrogen-bond acceptors (Lipinski definition) is 5. The fourth-order valence-electron chi connectivity index (χ4n) is 4.01. The van der Waals surface area contributed by atoms with Gasteiger partial charge in [-0.1, -0.05) is 11.6 Å². The van der Waals surface area contributed by atoms with Gasteiger partial charge in [-0.3, -0.25) is 4.79 Å². The maximum Gasteiger partial charge on any atom is 0.259 e. The molecule has 1 amide bonds. The zero-order chi connectivity index (χ0) is 23.5. The van der Waals surface area contributed by atoms with Crippen molar-refractivity contribution in [2.75, 3.05) is 32.6 Å². The molecule has 1 aliphatic heterocycles. The molecule has 182 valence electrons. The number of hydrogen-bond donors (Lipinski definition) is 2. The van der Waals surface area contributed by atoms with Gasteiger partial charge in [-0.25, -0.2) is 13.5 Å². The molecule has 3 aromatic rings. The molecule has 1 aliphatic rings. The third-order valence-corrected chi connectivity index (χ3v) is 5.93. The van der Waals surface area contributed by atoms with Crippen molar-refractivity contribution in [2.24, 2.45) is 0 Å². The molecule has 4 rings (SSSR count). The summed E-state index contributed by atoms with van der Waals surface area (Å²) in [5.41, 5.74) is 1.29. The summed E-state index contributed by atoms with van der Waals surface area (Å²) in [4.78, 5) is 13.3. The predicted molar refractivity (Wildman–Crippen MR) is 128 cm³/mol. The summed E-state index contributed by atoms with van der Waals surface area (Å²) in [6.45, 7) is 1.51. The smallest absolute Gasteiger partial charge is 0.259 e. The topological polar surface area (TPSA) is 77.4 Å². The number of nitrogens with one attached hydrogen (secondary N) is 2. The van der Waals surface area contributed by atoms with Gasteiger partial charge in [0.2, 0.25) is 0 Å². The van der Waals surface area contributed by atoms with Crippen molar-refractivity contribution < 1.29 is 23.0 Å². The second-order valence-electron chi connectivity index (χ2n) is 7.62. The number of methoxy groups -OCH3 is 2. The Balaban J connectivity index is 0.00000324. The van der Waals surface area contributed by atoms with Crippen LogP contribution in [0.4, 0.5) is 14.5 Å². The lowest BCUT2D eigenvalue weighted by molar-refractivity contribution is 0.102. The molecular formula is C23H24Cl2F2N4O3. The van der Waals surface area contributed by atoms with Crippen LogP contribution in [0.2, 0.25) is 5.02 Å². The molecule has 2 heterocycles. The summed E-state index contributed by atoms with van der Waals surface area (Å²) >= 11 is 6.23. The van der Waals surface area contributed by atoms with Gasteiger partial charge in [0.25, 0.3) is 5.91 Å². The van der Waals surface area contributed by atoms with E-state index in [0.29, 0.717) is 33.5 Å². The highest BCUT2D eigenvalue weighted by Crippen LogP contribution is 2.37. The quantitative estimate of drug-likeness (QED) is 0.487. The monoisotopic (exact) mass is 512 g/mol. The highest BCUT2D eigenvalue weighted by molar-refractivity contribution is 6.32. The van der Waals surface area contributed by atoms with Crippen molar-refractivity contribution in [3.63, 3.8) is 0 Å². The van der Waals surface area contributed by atoms with E-state index in [0.717, 1.165) is 38.1 Å². The number of nitrogens with zero attached hydrogens (tertiary/aromatic N) is 2. The second kappa shape index (κ2) is 11.0. The molecule has 34 heavy (non-hydrogen) atoms. The number of halogens is 4. The van der Waals surface area contributed by atoms with Crippen molar-refractivity contribution in [1.82, 2.24) is 15.1 Å². The summed E-state index contributed by atoms with van der Waals surface area (Å²) in [5.74, 6) is -1.17. The molecule has 1 fully saturated rings. The number of aromatic nitrogens is 2. The van der Waals surface area contributed by atoms with Crippen LogP contribution >= 0.6 is 24.0 Å². The third kappa shape index (κ3) is 5.11. The third-order valence-electron chi connectivity index (χ3n) is 5.64. The first-order valence-electron chi connectivity index (χ1n) is 10.4. The molecule has 7 nitrogen and oxygen atoms in total. The molecule has 0 aliphatic carbocycles. The van der Waals surface area contributed by atoms with Gasteiger partial charge in [0, 0.05) is 18.1 Å². The Morgan fingerprint density at radius 1 is 1.15 bits per heavy atom. The van der Waals surface area contributed by atoms with Crippen molar-refractivity contribution in [2.45, 2.75) is 18.8 Å². The number of benzene rings is 2. The fraction of sp³-hybridized carbons (Fsp3) is 0.304. The van der Waals surface area contributed by atoms with Crippen LogP contribution in [0.3, 0.4) is 0 Å². The maximum absolute atomic E-state index is 14.6. The van der Waals surface area contributed by atoms with E-state index in [9.17, 15) is 13.6 Å². The van der Waals surface area contributed by atoms with Crippen molar-refractivity contribution in [3.8, 4) is 17.2 Å². The van der Waals surface area contributed by atoms with E-state index in [4.69, 9.17) is 21.1 Å². The molecule has 0 unspecified atom stereocenters. The van der Waals surface area contributed by atoms with Gasteiger partial charge in [-0.15, -0.1) is 12.4 Å². The normalized spacial score (nSPS) is 13.8. The van der Waals surface area contributed by atoms with Gasteiger partial charge in [-0.05, 0) is 44.1 Å². The average Bonchev–Trinajstić information content (AvgIpc) is 3.25. The summed E-state index contributed by atoms with van der Waals surface area (Å²) in [6, 6.07) is 6.38. The lowest BCUT2D eigenvalue weighted by Crippen LogP contribution is -2.29. The highest BCUT2D eigenvalue weighted by atomic mass is 35.5. The second-order valence-corrected chi connectivity index (χ2v) is 8.02. The van der Waals surface area contributed by atoms with Crippen molar-refractivity contribution >= 4 is 35.6 Å². The number of ether oxygens (including phenoxy) is 2. The van der Waals surface area contributed by atoms with Crippen molar-refractivity contribution in [1.29, 1.82) is 0 Å². The van der Waals surface area contributed by atoms with E-state index in [1.54, 1.807) is 6.07 Å². The minimum absolute atomic E-state index is 0. The van der Waals surface area contributed by atoms with Crippen LogP contribution in [0.1, 0.15) is 34.8 Å². The molecule has 0 atom stereocenters. The first kappa shape index (κ1) is 25.7. The fourth-order valence-corrected chi connectivity index (χ4v) is 4.25. The lowest BCUT2D eigenvalue weighted by Gasteiger charge is -2.25. The largest absolute Gasteiger partial charge is 0.495 e. The first-order chi connectivity index (χ1) is 15.9. The van der Waals surface area contributed by atoms with E-state index >= 15 is 0 Å². The Hall–Kier alpha value is -2.88. The van der Waals surface area contributed by atoms with Gasteiger partial charge in [0.1, 0.15) is 23.0 Å². The van der Waals surface area contributed by atoms with Crippen LogP contribution in [0, 0.1) is 11.6 Å². The van der Waals surface area contributed by atoms with Crippen LogP contribution in [0.5, 0.6) is 11.5 Å². The van der Waals surface area contributed by atoms with Crippen LogP contribution in [-0.4, -0.2) is 43.0 Å². The van der Waals surface area contributed by atoms with E-state index in [2.05, 4.69) is 15.7 Å². The number of piperidine rings is 1. The zero-order valence-corrected chi connectivity index (χ0v) is 20.1. The van der Waals surface area contributed by atoms with Gasteiger partial charge in [0.05, 0.1) is 42.4 Å². The van der Waals surface area contributed by atoms with Gasteiger partial charge in [-0.2, -0.15) is 5.10 Å². The van der Waals surface area contributed by atoms with Gasteiger partial charge >= 0.3 is 0 Å².